The lowest BCUT2D eigenvalue weighted by Gasteiger charge is -2.18. The van der Waals surface area contributed by atoms with Crippen molar-refractivity contribution in [2.45, 2.75) is 39.7 Å². The van der Waals surface area contributed by atoms with Crippen molar-refractivity contribution >= 4 is 22.9 Å². The van der Waals surface area contributed by atoms with Crippen LogP contribution in [0.2, 0.25) is 5.02 Å². The van der Waals surface area contributed by atoms with Gasteiger partial charge >= 0.3 is 0 Å². The molecule has 3 heteroatoms. The van der Waals surface area contributed by atoms with E-state index in [9.17, 15) is 0 Å². The zero-order valence-corrected chi connectivity index (χ0v) is 13.9. The Morgan fingerprint density at radius 2 is 2.00 bits per heavy atom. The second-order valence-corrected chi connectivity index (χ2v) is 6.66. The molecule has 2 aromatic rings. The molecule has 1 aromatic carbocycles. The van der Waals surface area contributed by atoms with Crippen molar-refractivity contribution in [3.05, 3.63) is 56.2 Å². The van der Waals surface area contributed by atoms with Crippen molar-refractivity contribution in [2.75, 3.05) is 6.54 Å². The van der Waals surface area contributed by atoms with Crippen molar-refractivity contribution in [2.24, 2.45) is 0 Å². The molecule has 108 valence electrons. The lowest BCUT2D eigenvalue weighted by Crippen LogP contribution is -2.22. The summed E-state index contributed by atoms with van der Waals surface area (Å²) < 4.78 is 0. The maximum Gasteiger partial charge on any atom is 0.0671 e. The quantitative estimate of drug-likeness (QED) is 0.757. The highest BCUT2D eigenvalue weighted by molar-refractivity contribution is 7.12. The SMILES string of the molecule is CCCNC(c1ccc(C)c(Cl)c1)c1ccc(CC)s1. The van der Waals surface area contributed by atoms with Gasteiger partial charge < -0.3 is 5.32 Å². The molecule has 0 bridgehead atoms. The number of nitrogens with one attached hydrogen (secondary N) is 1. The summed E-state index contributed by atoms with van der Waals surface area (Å²) in [6.07, 6.45) is 2.22. The molecule has 0 radical (unpaired) electrons. The standard InChI is InChI=1S/C17H22ClNS/c1-4-10-19-17(16-9-8-14(5-2)20-16)13-7-6-12(3)15(18)11-13/h6-9,11,17,19H,4-5,10H2,1-3H3. The Bertz CT molecular complexity index is 562. The van der Waals surface area contributed by atoms with Crippen molar-refractivity contribution in [3.8, 4) is 0 Å². The molecule has 1 N–H and O–H groups in total. The summed E-state index contributed by atoms with van der Waals surface area (Å²) in [5.74, 6) is 0. The van der Waals surface area contributed by atoms with Crippen LogP contribution in [0.4, 0.5) is 0 Å². The first-order valence-corrected chi connectivity index (χ1v) is 8.43. The van der Waals surface area contributed by atoms with Gasteiger partial charge in [0, 0.05) is 14.8 Å². The molecule has 0 aliphatic carbocycles. The Morgan fingerprint density at radius 1 is 1.20 bits per heavy atom. The molecule has 0 fully saturated rings. The van der Waals surface area contributed by atoms with Gasteiger partial charge in [0.05, 0.1) is 6.04 Å². The first-order chi connectivity index (χ1) is 9.65. The normalized spacial score (nSPS) is 12.6. The van der Waals surface area contributed by atoms with Crippen molar-refractivity contribution in [3.63, 3.8) is 0 Å². The number of halogens is 1. The van der Waals surface area contributed by atoms with Crippen LogP contribution in [0.3, 0.4) is 0 Å². The van der Waals surface area contributed by atoms with Crippen LogP contribution in [0, 0.1) is 6.92 Å². The third-order valence-electron chi connectivity index (χ3n) is 3.44. The van der Waals surface area contributed by atoms with Gasteiger partial charge in [-0.2, -0.15) is 0 Å². The molecule has 20 heavy (non-hydrogen) atoms. The Labute approximate surface area is 131 Å². The lowest BCUT2D eigenvalue weighted by atomic mass is 10.0. The van der Waals surface area contributed by atoms with E-state index in [-0.39, 0.29) is 6.04 Å². The predicted octanol–water partition coefficient (Wildman–Crippen LogP) is 5.36. The van der Waals surface area contributed by atoms with Crippen LogP contribution < -0.4 is 5.32 Å². The van der Waals surface area contributed by atoms with Gasteiger partial charge in [0.25, 0.3) is 0 Å². The van der Waals surface area contributed by atoms with Gasteiger partial charge in [-0.1, -0.05) is 37.6 Å². The fourth-order valence-electron chi connectivity index (χ4n) is 2.20. The molecule has 1 nitrogen and oxygen atoms in total. The molecule has 1 aromatic heterocycles. The van der Waals surface area contributed by atoms with Gasteiger partial charge in [-0.05, 0) is 55.6 Å². The molecule has 0 saturated heterocycles. The molecular formula is C17H22ClNS. The van der Waals surface area contributed by atoms with Crippen LogP contribution in [-0.2, 0) is 6.42 Å². The molecule has 0 aliphatic rings. The molecular weight excluding hydrogens is 286 g/mol. The van der Waals surface area contributed by atoms with E-state index >= 15 is 0 Å². The topological polar surface area (TPSA) is 12.0 Å². The van der Waals surface area contributed by atoms with E-state index in [1.54, 1.807) is 0 Å². The first kappa shape index (κ1) is 15.6. The van der Waals surface area contributed by atoms with Crippen LogP contribution in [0.1, 0.15) is 47.2 Å². The molecule has 0 saturated carbocycles. The molecule has 1 unspecified atom stereocenters. The van der Waals surface area contributed by atoms with Crippen LogP contribution in [0.5, 0.6) is 0 Å². The van der Waals surface area contributed by atoms with Crippen molar-refractivity contribution in [1.29, 1.82) is 0 Å². The predicted molar refractivity (Wildman–Crippen MR) is 90.0 cm³/mol. The van der Waals surface area contributed by atoms with E-state index in [2.05, 4.69) is 49.5 Å². The van der Waals surface area contributed by atoms with Crippen LogP contribution in [-0.4, -0.2) is 6.54 Å². The van der Waals surface area contributed by atoms with E-state index in [1.165, 1.54) is 15.3 Å². The van der Waals surface area contributed by atoms with Crippen molar-refractivity contribution < 1.29 is 0 Å². The second kappa shape index (κ2) is 7.26. The van der Waals surface area contributed by atoms with Crippen LogP contribution >= 0.6 is 22.9 Å². The van der Waals surface area contributed by atoms with Gasteiger partial charge in [-0.15, -0.1) is 11.3 Å². The number of benzene rings is 1. The Hall–Kier alpha value is -0.830. The average Bonchev–Trinajstić information content (AvgIpc) is 2.92. The Kier molecular flexibility index (Phi) is 5.64. The highest BCUT2D eigenvalue weighted by Gasteiger charge is 2.16. The summed E-state index contributed by atoms with van der Waals surface area (Å²) in [6, 6.07) is 11.1. The summed E-state index contributed by atoms with van der Waals surface area (Å²) in [6.45, 7) is 7.45. The van der Waals surface area contributed by atoms with Gasteiger partial charge in [0.1, 0.15) is 0 Å². The monoisotopic (exact) mass is 307 g/mol. The van der Waals surface area contributed by atoms with E-state index in [1.807, 2.05) is 18.3 Å². The molecule has 0 aliphatic heterocycles. The summed E-state index contributed by atoms with van der Waals surface area (Å²) >= 11 is 8.18. The minimum absolute atomic E-state index is 0.248. The lowest BCUT2D eigenvalue weighted by molar-refractivity contribution is 0.606. The number of aryl methyl sites for hydroxylation is 2. The first-order valence-electron chi connectivity index (χ1n) is 7.23. The smallest absolute Gasteiger partial charge is 0.0671 e. The summed E-state index contributed by atoms with van der Waals surface area (Å²) in [7, 11) is 0. The minimum Gasteiger partial charge on any atom is -0.306 e. The van der Waals surface area contributed by atoms with E-state index < -0.39 is 0 Å². The number of rotatable bonds is 6. The number of hydrogen-bond donors (Lipinski definition) is 1. The molecule has 1 heterocycles. The maximum absolute atomic E-state index is 6.29. The second-order valence-electron chi connectivity index (χ2n) is 5.05. The summed E-state index contributed by atoms with van der Waals surface area (Å²) in [5.41, 5.74) is 2.38. The van der Waals surface area contributed by atoms with Crippen LogP contribution in [0.25, 0.3) is 0 Å². The van der Waals surface area contributed by atoms with E-state index in [0.29, 0.717) is 0 Å². The van der Waals surface area contributed by atoms with Gasteiger partial charge in [0.15, 0.2) is 0 Å². The number of hydrogen-bond acceptors (Lipinski definition) is 2. The Balaban J connectivity index is 2.32. The molecule has 2 rings (SSSR count). The largest absolute Gasteiger partial charge is 0.306 e. The zero-order valence-electron chi connectivity index (χ0n) is 12.4. The van der Waals surface area contributed by atoms with Gasteiger partial charge in [-0.3, -0.25) is 0 Å². The van der Waals surface area contributed by atoms with Gasteiger partial charge in [-0.25, -0.2) is 0 Å². The Morgan fingerprint density at radius 3 is 2.60 bits per heavy atom. The van der Waals surface area contributed by atoms with Gasteiger partial charge in [0.2, 0.25) is 0 Å². The van der Waals surface area contributed by atoms with E-state index in [4.69, 9.17) is 11.6 Å². The van der Waals surface area contributed by atoms with Crippen molar-refractivity contribution in [1.82, 2.24) is 5.32 Å². The zero-order chi connectivity index (χ0) is 14.5. The third-order valence-corrected chi connectivity index (χ3v) is 5.14. The maximum atomic E-state index is 6.29. The van der Waals surface area contributed by atoms with E-state index in [0.717, 1.165) is 30.0 Å². The number of thiophene rings is 1. The summed E-state index contributed by atoms with van der Waals surface area (Å²) in [5, 5.41) is 4.48. The molecule has 1 atom stereocenters. The highest BCUT2D eigenvalue weighted by Crippen LogP contribution is 2.31. The summed E-state index contributed by atoms with van der Waals surface area (Å²) in [4.78, 5) is 2.80. The molecule has 0 amide bonds. The average molecular weight is 308 g/mol. The highest BCUT2D eigenvalue weighted by atomic mass is 35.5. The molecule has 0 spiro atoms. The minimum atomic E-state index is 0.248. The fraction of sp³-hybridized carbons (Fsp3) is 0.412. The third kappa shape index (κ3) is 3.63. The van der Waals surface area contributed by atoms with Crippen LogP contribution in [0.15, 0.2) is 30.3 Å². The fourth-order valence-corrected chi connectivity index (χ4v) is 3.45.